The summed E-state index contributed by atoms with van der Waals surface area (Å²) in [5.74, 6) is 0. The van der Waals surface area contributed by atoms with Crippen molar-refractivity contribution in [3.05, 3.63) is 57.3 Å². The highest BCUT2D eigenvalue weighted by Gasteiger charge is 2.12. The van der Waals surface area contributed by atoms with Crippen LogP contribution >= 0.6 is 23.2 Å². The molecule has 2 rings (SSSR count). The molecule has 1 heterocycles. The molecule has 0 saturated heterocycles. The number of ether oxygens (including phenoxy) is 2. The van der Waals surface area contributed by atoms with Crippen molar-refractivity contribution >= 4 is 23.2 Å². The highest BCUT2D eigenvalue weighted by molar-refractivity contribution is 6.35. The van der Waals surface area contributed by atoms with Gasteiger partial charge in [0.05, 0.1) is 6.61 Å². The maximum absolute atomic E-state index is 6.11. The van der Waals surface area contributed by atoms with Gasteiger partial charge in [-0.1, -0.05) is 29.3 Å². The number of hydrogen-bond donors (Lipinski definition) is 1. The van der Waals surface area contributed by atoms with Gasteiger partial charge in [-0.3, -0.25) is 0 Å². The normalized spacial score (nSPS) is 12.6. The molecule has 108 valence electrons. The zero-order valence-electron chi connectivity index (χ0n) is 11.5. The second kappa shape index (κ2) is 7.14. The van der Waals surface area contributed by atoms with Gasteiger partial charge in [-0.05, 0) is 36.2 Å². The number of halogens is 2. The minimum atomic E-state index is -0.309. The van der Waals surface area contributed by atoms with Crippen LogP contribution in [-0.4, -0.2) is 18.4 Å². The van der Waals surface area contributed by atoms with Gasteiger partial charge >= 0.3 is 0 Å². The summed E-state index contributed by atoms with van der Waals surface area (Å²) in [6, 6.07) is 7.39. The topological polar surface area (TPSA) is 34.2 Å². The van der Waals surface area contributed by atoms with E-state index in [2.05, 4.69) is 4.98 Å². The lowest BCUT2D eigenvalue weighted by molar-refractivity contribution is -0.130. The number of H-pyrrole nitrogens is 1. The minimum absolute atomic E-state index is 0.309. The van der Waals surface area contributed by atoms with Crippen molar-refractivity contribution in [2.24, 2.45) is 0 Å². The molecule has 1 aromatic heterocycles. The van der Waals surface area contributed by atoms with Crippen LogP contribution in [0, 0.1) is 6.92 Å². The molecule has 3 nitrogen and oxygen atoms in total. The largest absolute Gasteiger partial charge is 0.365 e. The number of hydrogen-bond acceptors (Lipinski definition) is 2. The second-order valence-electron chi connectivity index (χ2n) is 4.54. The summed E-state index contributed by atoms with van der Waals surface area (Å²) < 4.78 is 11.1. The first-order valence-corrected chi connectivity index (χ1v) is 7.07. The van der Waals surface area contributed by atoms with Gasteiger partial charge in [0, 0.05) is 35.5 Å². The summed E-state index contributed by atoms with van der Waals surface area (Å²) in [5, 5.41) is 1.22. The third-order valence-electron chi connectivity index (χ3n) is 3.16. The number of aromatic nitrogens is 1. The van der Waals surface area contributed by atoms with Crippen LogP contribution in [0.25, 0.3) is 0 Å². The SMILES string of the molecule is COC(Cc1cc[nH]c1C)OCc1ccc(Cl)cc1Cl. The predicted octanol–water partition coefficient (Wildman–Crippen LogP) is 4.36. The molecular weight excluding hydrogens is 297 g/mol. The Labute approximate surface area is 128 Å². The summed E-state index contributed by atoms with van der Waals surface area (Å²) >= 11 is 12.0. The number of methoxy groups -OCH3 is 1. The lowest BCUT2D eigenvalue weighted by atomic mass is 10.2. The van der Waals surface area contributed by atoms with Gasteiger partial charge in [-0.2, -0.15) is 0 Å². The van der Waals surface area contributed by atoms with E-state index in [0.29, 0.717) is 23.1 Å². The Balaban J connectivity index is 1.95. The molecular formula is C15H17Cl2NO2. The van der Waals surface area contributed by atoms with Gasteiger partial charge in [0.2, 0.25) is 0 Å². The minimum Gasteiger partial charge on any atom is -0.365 e. The molecule has 1 aromatic carbocycles. The summed E-state index contributed by atoms with van der Waals surface area (Å²) in [7, 11) is 1.64. The van der Waals surface area contributed by atoms with Crippen LogP contribution in [0.3, 0.4) is 0 Å². The predicted molar refractivity (Wildman–Crippen MR) is 81.3 cm³/mol. The zero-order valence-corrected chi connectivity index (χ0v) is 13.0. The fraction of sp³-hybridized carbons (Fsp3) is 0.333. The number of aryl methyl sites for hydroxylation is 1. The number of rotatable bonds is 6. The first-order chi connectivity index (χ1) is 9.60. The van der Waals surface area contributed by atoms with Crippen LogP contribution in [0.15, 0.2) is 30.5 Å². The molecule has 0 spiro atoms. The van der Waals surface area contributed by atoms with E-state index in [1.165, 1.54) is 5.56 Å². The van der Waals surface area contributed by atoms with Crippen molar-refractivity contribution in [3.63, 3.8) is 0 Å². The molecule has 0 bridgehead atoms. The molecule has 5 heteroatoms. The molecule has 20 heavy (non-hydrogen) atoms. The molecule has 1 unspecified atom stereocenters. The first kappa shape index (κ1) is 15.4. The highest BCUT2D eigenvalue weighted by atomic mass is 35.5. The van der Waals surface area contributed by atoms with Crippen LogP contribution in [0.1, 0.15) is 16.8 Å². The van der Waals surface area contributed by atoms with Crippen LogP contribution in [0.2, 0.25) is 10.0 Å². The molecule has 2 aromatic rings. The third kappa shape index (κ3) is 4.00. The Morgan fingerprint density at radius 1 is 1.20 bits per heavy atom. The van der Waals surface area contributed by atoms with Crippen molar-refractivity contribution < 1.29 is 9.47 Å². The van der Waals surface area contributed by atoms with E-state index in [1.54, 1.807) is 19.2 Å². The smallest absolute Gasteiger partial charge is 0.161 e. The van der Waals surface area contributed by atoms with E-state index in [4.69, 9.17) is 32.7 Å². The molecule has 0 aliphatic rings. The molecule has 0 radical (unpaired) electrons. The maximum atomic E-state index is 6.11. The summed E-state index contributed by atoms with van der Waals surface area (Å²) in [5.41, 5.74) is 3.20. The molecule has 0 aliphatic heterocycles. The first-order valence-electron chi connectivity index (χ1n) is 6.31. The summed E-state index contributed by atoms with van der Waals surface area (Å²) in [6.45, 7) is 2.41. The van der Waals surface area contributed by atoms with Gasteiger partial charge in [0.1, 0.15) is 0 Å². The van der Waals surface area contributed by atoms with Crippen molar-refractivity contribution in [2.45, 2.75) is 26.2 Å². The van der Waals surface area contributed by atoms with E-state index in [0.717, 1.165) is 11.3 Å². The monoisotopic (exact) mass is 313 g/mol. The van der Waals surface area contributed by atoms with E-state index in [-0.39, 0.29) is 6.29 Å². The van der Waals surface area contributed by atoms with E-state index >= 15 is 0 Å². The lowest BCUT2D eigenvalue weighted by Crippen LogP contribution is -2.18. The van der Waals surface area contributed by atoms with E-state index < -0.39 is 0 Å². The molecule has 0 saturated carbocycles. The van der Waals surface area contributed by atoms with Crippen LogP contribution in [0.4, 0.5) is 0 Å². The number of nitrogens with one attached hydrogen (secondary N) is 1. The fourth-order valence-electron chi connectivity index (χ4n) is 1.92. The molecule has 1 atom stereocenters. The quantitative estimate of drug-likeness (QED) is 0.804. The average molecular weight is 314 g/mol. The molecule has 0 aliphatic carbocycles. The van der Waals surface area contributed by atoms with Crippen molar-refractivity contribution in [3.8, 4) is 0 Å². The Hall–Kier alpha value is -1.000. The number of benzene rings is 1. The summed E-state index contributed by atoms with van der Waals surface area (Å²) in [6.07, 6.45) is 2.29. The Morgan fingerprint density at radius 2 is 2.00 bits per heavy atom. The maximum Gasteiger partial charge on any atom is 0.161 e. The second-order valence-corrected chi connectivity index (χ2v) is 5.39. The Kier molecular flexibility index (Phi) is 5.49. The van der Waals surface area contributed by atoms with Crippen LogP contribution < -0.4 is 0 Å². The summed E-state index contributed by atoms with van der Waals surface area (Å²) in [4.78, 5) is 3.14. The lowest BCUT2D eigenvalue weighted by Gasteiger charge is -2.17. The fourth-order valence-corrected chi connectivity index (χ4v) is 2.38. The van der Waals surface area contributed by atoms with E-state index in [9.17, 15) is 0 Å². The Bertz CT molecular complexity index is 569. The van der Waals surface area contributed by atoms with Crippen molar-refractivity contribution in [2.75, 3.05) is 7.11 Å². The third-order valence-corrected chi connectivity index (χ3v) is 3.74. The zero-order chi connectivity index (χ0) is 14.5. The van der Waals surface area contributed by atoms with Crippen LogP contribution in [0.5, 0.6) is 0 Å². The van der Waals surface area contributed by atoms with E-state index in [1.807, 2.05) is 25.3 Å². The van der Waals surface area contributed by atoms with Gasteiger partial charge < -0.3 is 14.5 Å². The molecule has 1 N–H and O–H groups in total. The van der Waals surface area contributed by atoms with Gasteiger partial charge in [0.15, 0.2) is 6.29 Å². The van der Waals surface area contributed by atoms with Crippen molar-refractivity contribution in [1.29, 1.82) is 0 Å². The Morgan fingerprint density at radius 3 is 2.60 bits per heavy atom. The molecule has 0 amide bonds. The number of aromatic amines is 1. The average Bonchev–Trinajstić information content (AvgIpc) is 2.81. The molecule has 0 fully saturated rings. The highest BCUT2D eigenvalue weighted by Crippen LogP contribution is 2.22. The van der Waals surface area contributed by atoms with Crippen molar-refractivity contribution in [1.82, 2.24) is 4.98 Å². The van der Waals surface area contributed by atoms with Gasteiger partial charge in [-0.25, -0.2) is 0 Å². The van der Waals surface area contributed by atoms with Crippen LogP contribution in [-0.2, 0) is 22.5 Å². The van der Waals surface area contributed by atoms with Gasteiger partial charge in [0.25, 0.3) is 0 Å². The van der Waals surface area contributed by atoms with Gasteiger partial charge in [-0.15, -0.1) is 0 Å². The standard InChI is InChI=1S/C15H17Cl2NO2/c1-10-11(5-6-18-10)7-15(19-2)20-9-12-3-4-13(16)8-14(12)17/h3-6,8,15,18H,7,9H2,1-2H3.